The summed E-state index contributed by atoms with van der Waals surface area (Å²) in [5.74, 6) is 1.17. The third-order valence-corrected chi connectivity index (χ3v) is 4.35. The number of nitrogens with one attached hydrogen (secondary N) is 1. The Kier molecular flexibility index (Phi) is 3.76. The third-order valence-electron chi connectivity index (χ3n) is 4.35. The van der Waals surface area contributed by atoms with Crippen LogP contribution in [0.3, 0.4) is 0 Å². The van der Waals surface area contributed by atoms with Crippen LogP contribution in [0.4, 0.5) is 0 Å². The van der Waals surface area contributed by atoms with Crippen molar-refractivity contribution in [3.63, 3.8) is 0 Å². The zero-order chi connectivity index (χ0) is 12.5. The zero-order valence-electron chi connectivity index (χ0n) is 11.5. The van der Waals surface area contributed by atoms with Crippen molar-refractivity contribution >= 4 is 5.91 Å². The molecule has 0 bridgehead atoms. The number of likely N-dealkylation sites (tertiary alicyclic amines) is 1. The molecule has 1 saturated heterocycles. The summed E-state index contributed by atoms with van der Waals surface area (Å²) in [5, 5.41) is 3.13. The van der Waals surface area contributed by atoms with E-state index in [0.29, 0.717) is 11.8 Å². The molecule has 2 rings (SSSR count). The Morgan fingerprint density at radius 2 is 1.88 bits per heavy atom. The summed E-state index contributed by atoms with van der Waals surface area (Å²) in [6.45, 7) is 9.80. The fourth-order valence-corrected chi connectivity index (χ4v) is 2.73. The lowest BCUT2D eigenvalue weighted by molar-refractivity contribution is -0.123. The van der Waals surface area contributed by atoms with Gasteiger partial charge in [-0.2, -0.15) is 0 Å². The molecule has 0 aromatic rings. The first-order valence-corrected chi connectivity index (χ1v) is 7.03. The summed E-state index contributed by atoms with van der Waals surface area (Å²) in [6.07, 6.45) is 5.04. The van der Waals surface area contributed by atoms with E-state index in [-0.39, 0.29) is 11.4 Å². The predicted molar refractivity (Wildman–Crippen MR) is 69.8 cm³/mol. The number of hydrogen-bond donors (Lipinski definition) is 1. The Balaban J connectivity index is 1.77. The molecule has 0 radical (unpaired) electrons. The zero-order valence-corrected chi connectivity index (χ0v) is 11.5. The molecule has 0 aromatic carbocycles. The van der Waals surface area contributed by atoms with E-state index in [1.807, 2.05) is 0 Å². The van der Waals surface area contributed by atoms with Gasteiger partial charge in [-0.25, -0.2) is 0 Å². The van der Waals surface area contributed by atoms with Gasteiger partial charge in [0.2, 0.25) is 5.91 Å². The van der Waals surface area contributed by atoms with Crippen molar-refractivity contribution in [1.29, 1.82) is 0 Å². The molecule has 1 aliphatic carbocycles. The molecule has 3 nitrogen and oxygen atoms in total. The van der Waals surface area contributed by atoms with Crippen molar-refractivity contribution in [2.24, 2.45) is 11.8 Å². The molecule has 1 heterocycles. The molecule has 2 atom stereocenters. The lowest BCUT2D eigenvalue weighted by Gasteiger charge is -2.41. The molecule has 1 aliphatic heterocycles. The summed E-state index contributed by atoms with van der Waals surface area (Å²) in [5.41, 5.74) is 0.105. The second-order valence-corrected chi connectivity index (χ2v) is 6.40. The van der Waals surface area contributed by atoms with Crippen LogP contribution in [0.2, 0.25) is 0 Å². The first-order valence-electron chi connectivity index (χ1n) is 7.03. The van der Waals surface area contributed by atoms with Crippen LogP contribution in [0.1, 0.15) is 46.5 Å². The van der Waals surface area contributed by atoms with E-state index in [4.69, 9.17) is 0 Å². The van der Waals surface area contributed by atoms with E-state index >= 15 is 0 Å². The molecule has 3 heteroatoms. The summed E-state index contributed by atoms with van der Waals surface area (Å²) in [6, 6.07) is 0. The second kappa shape index (κ2) is 4.97. The number of piperidine rings is 1. The number of hydrogen-bond acceptors (Lipinski definition) is 2. The highest BCUT2D eigenvalue weighted by Crippen LogP contribution is 2.37. The molecule has 1 saturated carbocycles. The highest BCUT2D eigenvalue weighted by molar-refractivity contribution is 5.81. The van der Waals surface area contributed by atoms with E-state index < -0.39 is 0 Å². The van der Waals surface area contributed by atoms with Gasteiger partial charge >= 0.3 is 0 Å². The maximum absolute atomic E-state index is 11.8. The predicted octanol–water partition coefficient (Wildman–Crippen LogP) is 2.02. The number of carbonyl (C=O) groups excluding carboxylic acids is 1. The average molecular weight is 238 g/mol. The largest absolute Gasteiger partial charge is 0.354 e. The van der Waals surface area contributed by atoms with Gasteiger partial charge in [-0.05, 0) is 52.1 Å². The highest BCUT2D eigenvalue weighted by Gasteiger charge is 2.39. The fourth-order valence-electron chi connectivity index (χ4n) is 2.73. The van der Waals surface area contributed by atoms with Crippen LogP contribution < -0.4 is 5.32 Å². The minimum Gasteiger partial charge on any atom is -0.354 e. The lowest BCUT2D eigenvalue weighted by atomic mass is 9.98. The van der Waals surface area contributed by atoms with Crippen molar-refractivity contribution < 1.29 is 4.79 Å². The van der Waals surface area contributed by atoms with E-state index in [1.165, 1.54) is 32.4 Å². The molecule has 2 aliphatic rings. The van der Waals surface area contributed by atoms with Crippen LogP contribution in [0.15, 0.2) is 0 Å². The standard InChI is InChI=1S/C14H26N2O/c1-11-9-12(11)13(17)15-10-14(2,3)16-7-5-4-6-8-16/h11-12H,4-10H2,1-3H3,(H,15,17). The highest BCUT2D eigenvalue weighted by atomic mass is 16.2. The Labute approximate surface area is 105 Å². The smallest absolute Gasteiger partial charge is 0.223 e. The topological polar surface area (TPSA) is 32.3 Å². The number of rotatable bonds is 4. The van der Waals surface area contributed by atoms with Crippen molar-refractivity contribution in [3.05, 3.63) is 0 Å². The SMILES string of the molecule is CC1CC1C(=O)NCC(C)(C)N1CCCCC1. The monoisotopic (exact) mass is 238 g/mol. The molecule has 2 unspecified atom stereocenters. The number of amides is 1. The summed E-state index contributed by atoms with van der Waals surface area (Å²) in [7, 11) is 0. The fraction of sp³-hybridized carbons (Fsp3) is 0.929. The molecular weight excluding hydrogens is 212 g/mol. The lowest BCUT2D eigenvalue weighted by Crippen LogP contribution is -2.53. The maximum Gasteiger partial charge on any atom is 0.223 e. The van der Waals surface area contributed by atoms with Crippen LogP contribution in [0.5, 0.6) is 0 Å². The molecular formula is C14H26N2O. The molecule has 0 spiro atoms. The Hall–Kier alpha value is -0.570. The summed E-state index contributed by atoms with van der Waals surface area (Å²) < 4.78 is 0. The van der Waals surface area contributed by atoms with Crippen molar-refractivity contribution in [2.75, 3.05) is 19.6 Å². The molecule has 17 heavy (non-hydrogen) atoms. The molecule has 0 aromatic heterocycles. The number of nitrogens with zero attached hydrogens (tertiary/aromatic N) is 1. The van der Waals surface area contributed by atoms with Crippen molar-refractivity contribution in [3.8, 4) is 0 Å². The van der Waals surface area contributed by atoms with Gasteiger partial charge in [0, 0.05) is 18.0 Å². The minimum atomic E-state index is 0.105. The van der Waals surface area contributed by atoms with E-state index in [0.717, 1.165) is 13.0 Å². The Morgan fingerprint density at radius 3 is 2.41 bits per heavy atom. The van der Waals surface area contributed by atoms with Crippen LogP contribution in [0.25, 0.3) is 0 Å². The molecule has 1 N–H and O–H groups in total. The van der Waals surface area contributed by atoms with Crippen molar-refractivity contribution in [2.45, 2.75) is 52.0 Å². The summed E-state index contributed by atoms with van der Waals surface area (Å²) >= 11 is 0. The van der Waals surface area contributed by atoms with Gasteiger partial charge in [-0.1, -0.05) is 13.3 Å². The normalized spacial score (nSPS) is 30.1. The van der Waals surface area contributed by atoms with E-state index in [1.54, 1.807) is 0 Å². The van der Waals surface area contributed by atoms with Crippen LogP contribution in [-0.4, -0.2) is 36.0 Å². The van der Waals surface area contributed by atoms with E-state index in [2.05, 4.69) is 31.0 Å². The Morgan fingerprint density at radius 1 is 1.29 bits per heavy atom. The number of carbonyl (C=O) groups is 1. The summed E-state index contributed by atoms with van der Waals surface area (Å²) in [4.78, 5) is 14.3. The van der Waals surface area contributed by atoms with Crippen LogP contribution in [0, 0.1) is 11.8 Å². The average Bonchev–Trinajstić information content (AvgIpc) is 3.05. The Bertz CT molecular complexity index is 282. The van der Waals surface area contributed by atoms with Gasteiger partial charge in [-0.3, -0.25) is 9.69 Å². The molecule has 2 fully saturated rings. The first-order chi connectivity index (χ1) is 8.00. The van der Waals surface area contributed by atoms with Gasteiger partial charge in [0.15, 0.2) is 0 Å². The van der Waals surface area contributed by atoms with Crippen LogP contribution >= 0.6 is 0 Å². The first kappa shape index (κ1) is 12.9. The second-order valence-electron chi connectivity index (χ2n) is 6.40. The third kappa shape index (κ3) is 3.21. The quantitative estimate of drug-likeness (QED) is 0.812. The van der Waals surface area contributed by atoms with Gasteiger partial charge in [0.1, 0.15) is 0 Å². The van der Waals surface area contributed by atoms with E-state index in [9.17, 15) is 4.79 Å². The van der Waals surface area contributed by atoms with Gasteiger partial charge < -0.3 is 5.32 Å². The van der Waals surface area contributed by atoms with Gasteiger partial charge in [-0.15, -0.1) is 0 Å². The van der Waals surface area contributed by atoms with Gasteiger partial charge in [0.25, 0.3) is 0 Å². The molecule has 1 amide bonds. The van der Waals surface area contributed by atoms with Gasteiger partial charge in [0.05, 0.1) is 0 Å². The maximum atomic E-state index is 11.8. The van der Waals surface area contributed by atoms with Crippen molar-refractivity contribution in [1.82, 2.24) is 10.2 Å². The molecule has 98 valence electrons. The van der Waals surface area contributed by atoms with Crippen LogP contribution in [-0.2, 0) is 4.79 Å². The minimum absolute atomic E-state index is 0.105.